The summed E-state index contributed by atoms with van der Waals surface area (Å²) in [6, 6.07) is 6.65. The van der Waals surface area contributed by atoms with Crippen LogP contribution in [-0.4, -0.2) is 28.0 Å². The summed E-state index contributed by atoms with van der Waals surface area (Å²) in [7, 11) is 3.28. The molecule has 0 aliphatic rings. The molecular formula is C12H12BrN3O3. The van der Waals surface area contributed by atoms with E-state index in [1.54, 1.807) is 37.0 Å². The quantitative estimate of drug-likeness (QED) is 0.903. The van der Waals surface area contributed by atoms with Crippen LogP contribution in [0.4, 0.5) is 11.5 Å². The first-order valence-electron chi connectivity index (χ1n) is 5.39. The van der Waals surface area contributed by atoms with Crippen molar-refractivity contribution in [3.63, 3.8) is 0 Å². The third-order valence-corrected chi connectivity index (χ3v) is 3.01. The van der Waals surface area contributed by atoms with E-state index in [0.29, 0.717) is 21.9 Å². The highest BCUT2D eigenvalue weighted by molar-refractivity contribution is 9.10. The number of methoxy groups -OCH3 is 1. The number of aryl methyl sites for hydroxylation is 1. The normalized spacial score (nSPS) is 10.3. The number of rotatable bonds is 4. The molecule has 0 saturated heterocycles. The van der Waals surface area contributed by atoms with Crippen LogP contribution in [0, 0.1) is 0 Å². The maximum absolute atomic E-state index is 11.2. The number of hydrogen-bond acceptors (Lipinski definition) is 4. The number of carbonyl (C=O) groups is 1. The molecule has 0 aliphatic heterocycles. The van der Waals surface area contributed by atoms with E-state index in [9.17, 15) is 4.79 Å². The Morgan fingerprint density at radius 3 is 2.79 bits per heavy atom. The Bertz CT molecular complexity index is 625. The standard InChI is InChI=1S/C12H12BrN3O3/c1-16-11(19-2)6-10(15-16)14-9-4-3-7(13)5-8(9)12(17)18/h3-6H,1-2H3,(H,14,15)(H,17,18). The minimum absolute atomic E-state index is 0.166. The Hall–Kier alpha value is -2.02. The van der Waals surface area contributed by atoms with Crippen LogP contribution in [0.2, 0.25) is 0 Å². The zero-order valence-corrected chi connectivity index (χ0v) is 11.9. The largest absolute Gasteiger partial charge is 0.481 e. The molecule has 0 radical (unpaired) electrons. The number of anilines is 2. The zero-order valence-electron chi connectivity index (χ0n) is 10.3. The zero-order chi connectivity index (χ0) is 14.0. The van der Waals surface area contributed by atoms with Crippen molar-refractivity contribution in [1.82, 2.24) is 9.78 Å². The van der Waals surface area contributed by atoms with Crippen molar-refractivity contribution in [2.24, 2.45) is 7.05 Å². The lowest BCUT2D eigenvalue weighted by molar-refractivity contribution is 0.0698. The summed E-state index contributed by atoms with van der Waals surface area (Å²) in [5.74, 6) is 0.0901. The van der Waals surface area contributed by atoms with Gasteiger partial charge in [0.25, 0.3) is 0 Å². The van der Waals surface area contributed by atoms with Gasteiger partial charge in [-0.2, -0.15) is 5.10 Å². The molecule has 0 atom stereocenters. The topological polar surface area (TPSA) is 76.4 Å². The summed E-state index contributed by atoms with van der Waals surface area (Å²) in [4.78, 5) is 11.2. The number of ether oxygens (including phenoxy) is 1. The summed E-state index contributed by atoms with van der Waals surface area (Å²) < 4.78 is 7.36. The fourth-order valence-electron chi connectivity index (χ4n) is 1.64. The molecule has 19 heavy (non-hydrogen) atoms. The van der Waals surface area contributed by atoms with Crippen molar-refractivity contribution in [2.75, 3.05) is 12.4 Å². The van der Waals surface area contributed by atoms with Gasteiger partial charge in [-0.05, 0) is 18.2 Å². The van der Waals surface area contributed by atoms with Crippen LogP contribution in [0.3, 0.4) is 0 Å². The average molecular weight is 326 g/mol. The van der Waals surface area contributed by atoms with Gasteiger partial charge in [0.15, 0.2) is 5.82 Å². The highest BCUT2D eigenvalue weighted by Gasteiger charge is 2.12. The molecule has 0 bridgehead atoms. The molecule has 100 valence electrons. The van der Waals surface area contributed by atoms with Crippen LogP contribution in [0.5, 0.6) is 5.88 Å². The Morgan fingerprint density at radius 2 is 2.21 bits per heavy atom. The Kier molecular flexibility index (Phi) is 3.75. The predicted octanol–water partition coefficient (Wildman–Crippen LogP) is 2.63. The first-order valence-corrected chi connectivity index (χ1v) is 6.18. The van der Waals surface area contributed by atoms with E-state index < -0.39 is 5.97 Å². The molecule has 0 fully saturated rings. The summed E-state index contributed by atoms with van der Waals surface area (Å²) >= 11 is 3.25. The number of aromatic nitrogens is 2. The molecule has 1 aromatic heterocycles. The van der Waals surface area contributed by atoms with Crippen molar-refractivity contribution in [3.05, 3.63) is 34.3 Å². The molecule has 0 saturated carbocycles. The van der Waals surface area contributed by atoms with Crippen molar-refractivity contribution >= 4 is 33.4 Å². The number of halogens is 1. The number of nitrogens with zero attached hydrogens (tertiary/aromatic N) is 2. The van der Waals surface area contributed by atoms with Crippen LogP contribution in [0.1, 0.15) is 10.4 Å². The highest BCUT2D eigenvalue weighted by atomic mass is 79.9. The lowest BCUT2D eigenvalue weighted by Gasteiger charge is -2.07. The SMILES string of the molecule is COc1cc(Nc2ccc(Br)cc2C(=O)O)nn1C. The molecule has 2 aromatic rings. The predicted molar refractivity (Wildman–Crippen MR) is 74.1 cm³/mol. The van der Waals surface area contributed by atoms with E-state index in [1.807, 2.05) is 0 Å². The summed E-state index contributed by atoms with van der Waals surface area (Å²) in [5, 5.41) is 16.3. The van der Waals surface area contributed by atoms with E-state index in [1.165, 1.54) is 6.07 Å². The smallest absolute Gasteiger partial charge is 0.337 e. The molecule has 1 aromatic carbocycles. The van der Waals surface area contributed by atoms with Gasteiger partial charge in [0.05, 0.1) is 18.4 Å². The number of carboxylic acids is 1. The van der Waals surface area contributed by atoms with Crippen LogP contribution in [0.25, 0.3) is 0 Å². The van der Waals surface area contributed by atoms with Gasteiger partial charge >= 0.3 is 5.97 Å². The van der Waals surface area contributed by atoms with Crippen LogP contribution >= 0.6 is 15.9 Å². The Balaban J connectivity index is 2.34. The van der Waals surface area contributed by atoms with Gasteiger partial charge in [-0.3, -0.25) is 0 Å². The van der Waals surface area contributed by atoms with E-state index in [2.05, 4.69) is 26.3 Å². The van der Waals surface area contributed by atoms with Gasteiger partial charge in [0.2, 0.25) is 5.88 Å². The van der Waals surface area contributed by atoms with Gasteiger partial charge < -0.3 is 15.2 Å². The average Bonchev–Trinajstić information content (AvgIpc) is 2.71. The molecule has 2 N–H and O–H groups in total. The third kappa shape index (κ3) is 2.87. The van der Waals surface area contributed by atoms with Gasteiger partial charge in [0, 0.05) is 17.6 Å². The fourth-order valence-corrected chi connectivity index (χ4v) is 2.00. The molecule has 0 aliphatic carbocycles. The van der Waals surface area contributed by atoms with E-state index in [0.717, 1.165) is 0 Å². The van der Waals surface area contributed by atoms with Crippen LogP contribution in [-0.2, 0) is 7.05 Å². The van der Waals surface area contributed by atoms with E-state index in [-0.39, 0.29) is 5.56 Å². The first kappa shape index (κ1) is 13.4. The van der Waals surface area contributed by atoms with Gasteiger partial charge in [-0.15, -0.1) is 0 Å². The van der Waals surface area contributed by atoms with E-state index >= 15 is 0 Å². The Morgan fingerprint density at radius 1 is 1.47 bits per heavy atom. The fraction of sp³-hybridized carbons (Fsp3) is 0.167. The second-order valence-electron chi connectivity index (χ2n) is 3.82. The number of benzene rings is 1. The number of aromatic carboxylic acids is 1. The van der Waals surface area contributed by atoms with Crippen molar-refractivity contribution in [1.29, 1.82) is 0 Å². The third-order valence-electron chi connectivity index (χ3n) is 2.52. The van der Waals surface area contributed by atoms with Crippen LogP contribution in [0.15, 0.2) is 28.7 Å². The number of carboxylic acid groups (broad SMARTS) is 1. The molecule has 7 heteroatoms. The maximum atomic E-state index is 11.2. The second-order valence-corrected chi connectivity index (χ2v) is 4.73. The molecule has 0 spiro atoms. The Labute approximate surface area is 118 Å². The van der Waals surface area contributed by atoms with Gasteiger partial charge in [-0.25, -0.2) is 9.48 Å². The minimum Gasteiger partial charge on any atom is -0.481 e. The summed E-state index contributed by atoms with van der Waals surface area (Å²) in [5.41, 5.74) is 0.635. The van der Waals surface area contributed by atoms with Crippen molar-refractivity contribution in [2.45, 2.75) is 0 Å². The molecule has 0 unspecified atom stereocenters. The second kappa shape index (κ2) is 5.31. The lowest BCUT2D eigenvalue weighted by Crippen LogP contribution is -2.03. The minimum atomic E-state index is -1.01. The van der Waals surface area contributed by atoms with Crippen LogP contribution < -0.4 is 10.1 Å². The van der Waals surface area contributed by atoms with Gasteiger partial charge in [-0.1, -0.05) is 15.9 Å². The summed E-state index contributed by atoms with van der Waals surface area (Å²) in [6.45, 7) is 0. The molecule has 0 amide bonds. The molecule has 1 heterocycles. The highest BCUT2D eigenvalue weighted by Crippen LogP contribution is 2.25. The lowest BCUT2D eigenvalue weighted by atomic mass is 10.2. The summed E-state index contributed by atoms with van der Waals surface area (Å²) in [6.07, 6.45) is 0. The molecule has 2 rings (SSSR count). The van der Waals surface area contributed by atoms with Crippen molar-refractivity contribution in [3.8, 4) is 5.88 Å². The number of hydrogen-bond donors (Lipinski definition) is 2. The van der Waals surface area contributed by atoms with Gasteiger partial charge in [0.1, 0.15) is 0 Å². The number of nitrogens with one attached hydrogen (secondary N) is 1. The molecular weight excluding hydrogens is 314 g/mol. The van der Waals surface area contributed by atoms with Crippen molar-refractivity contribution < 1.29 is 14.6 Å². The maximum Gasteiger partial charge on any atom is 0.337 e. The van der Waals surface area contributed by atoms with E-state index in [4.69, 9.17) is 9.84 Å². The monoisotopic (exact) mass is 325 g/mol. The first-order chi connectivity index (χ1) is 9.01. The molecule has 6 nitrogen and oxygen atoms in total.